The van der Waals surface area contributed by atoms with Gasteiger partial charge in [0.15, 0.2) is 5.78 Å². The van der Waals surface area contributed by atoms with E-state index in [-0.39, 0.29) is 5.78 Å². The Bertz CT molecular complexity index is 712. The van der Waals surface area contributed by atoms with Crippen LogP contribution in [0.3, 0.4) is 0 Å². The fraction of sp³-hybridized carbons (Fsp3) is 0.105. The van der Waals surface area contributed by atoms with E-state index >= 15 is 0 Å². The second-order valence-electron chi connectivity index (χ2n) is 5.29. The molecule has 0 spiro atoms. The summed E-state index contributed by atoms with van der Waals surface area (Å²) >= 11 is 0. The molecule has 0 fully saturated rings. The molecule has 2 aliphatic rings. The van der Waals surface area contributed by atoms with Crippen molar-refractivity contribution in [3.05, 3.63) is 82.9 Å². The summed E-state index contributed by atoms with van der Waals surface area (Å²) in [5, 5.41) is 0. The number of hydrogen-bond donors (Lipinski definition) is 0. The number of allylic oxidation sites excluding steroid dienone is 4. The summed E-state index contributed by atoms with van der Waals surface area (Å²) < 4.78 is 0. The van der Waals surface area contributed by atoms with Gasteiger partial charge in [0.05, 0.1) is 0 Å². The van der Waals surface area contributed by atoms with E-state index in [0.29, 0.717) is 0 Å². The molecule has 0 heterocycles. The first-order valence-corrected chi connectivity index (χ1v) is 6.96. The van der Waals surface area contributed by atoms with Crippen molar-refractivity contribution in [1.29, 1.82) is 0 Å². The van der Waals surface area contributed by atoms with Gasteiger partial charge in [-0.05, 0) is 35.1 Å². The molecule has 0 aliphatic heterocycles. The van der Waals surface area contributed by atoms with Gasteiger partial charge >= 0.3 is 0 Å². The highest BCUT2D eigenvalue weighted by Gasteiger charge is 2.26. The van der Waals surface area contributed by atoms with Crippen LogP contribution in [-0.2, 0) is 17.6 Å². The van der Waals surface area contributed by atoms with Crippen molar-refractivity contribution < 1.29 is 4.79 Å². The van der Waals surface area contributed by atoms with Crippen LogP contribution in [0.2, 0.25) is 0 Å². The molecule has 0 saturated carbocycles. The molecule has 1 nitrogen and oxygen atoms in total. The maximum absolute atomic E-state index is 12.8. The molecule has 2 aliphatic carbocycles. The molecule has 2 aromatic rings. The molecule has 96 valence electrons. The van der Waals surface area contributed by atoms with Gasteiger partial charge < -0.3 is 0 Å². The third-order valence-corrected chi connectivity index (χ3v) is 4.16. The summed E-state index contributed by atoms with van der Waals surface area (Å²) in [5.74, 6) is 0.167. The molecule has 1 heteroatoms. The molecule has 0 unspecified atom stereocenters. The van der Waals surface area contributed by atoms with E-state index in [1.54, 1.807) is 0 Å². The van der Waals surface area contributed by atoms with Crippen molar-refractivity contribution >= 4 is 16.9 Å². The SMILES string of the molecule is O=C(C1=CCc2ccccc21)C1=CCc2ccccc21. The third kappa shape index (κ3) is 1.60. The van der Waals surface area contributed by atoms with Crippen molar-refractivity contribution in [2.45, 2.75) is 12.8 Å². The van der Waals surface area contributed by atoms with Gasteiger partial charge in [0.25, 0.3) is 0 Å². The van der Waals surface area contributed by atoms with Crippen molar-refractivity contribution in [1.82, 2.24) is 0 Å². The van der Waals surface area contributed by atoms with Gasteiger partial charge in [-0.1, -0.05) is 60.7 Å². The Morgan fingerprint density at radius 2 is 1.15 bits per heavy atom. The number of fused-ring (bicyclic) bond motifs is 2. The molecule has 20 heavy (non-hydrogen) atoms. The largest absolute Gasteiger partial charge is 0.289 e. The van der Waals surface area contributed by atoms with Crippen LogP contribution in [0.5, 0.6) is 0 Å². The fourth-order valence-electron chi connectivity index (χ4n) is 3.14. The van der Waals surface area contributed by atoms with Crippen LogP contribution in [0.4, 0.5) is 0 Å². The third-order valence-electron chi connectivity index (χ3n) is 4.16. The Kier molecular flexibility index (Phi) is 2.46. The van der Waals surface area contributed by atoms with E-state index in [9.17, 15) is 4.79 Å². The average molecular weight is 258 g/mol. The lowest BCUT2D eigenvalue weighted by atomic mass is 9.95. The number of hydrogen-bond acceptors (Lipinski definition) is 1. The average Bonchev–Trinajstić information content (AvgIpc) is 3.11. The normalized spacial score (nSPS) is 15.4. The smallest absolute Gasteiger partial charge is 0.193 e. The lowest BCUT2D eigenvalue weighted by Gasteiger charge is -2.07. The predicted octanol–water partition coefficient (Wildman–Crippen LogP) is 3.83. The van der Waals surface area contributed by atoms with E-state index in [1.807, 2.05) is 36.4 Å². The fourth-order valence-corrected chi connectivity index (χ4v) is 3.14. The molecule has 0 aromatic heterocycles. The Morgan fingerprint density at radius 1 is 0.700 bits per heavy atom. The minimum atomic E-state index is 0.167. The number of carbonyl (C=O) groups is 1. The molecule has 4 rings (SSSR count). The monoisotopic (exact) mass is 258 g/mol. The summed E-state index contributed by atoms with van der Waals surface area (Å²) in [5.41, 5.74) is 6.43. The van der Waals surface area contributed by atoms with Crippen LogP contribution in [0.1, 0.15) is 22.3 Å². The molecule has 0 atom stereocenters. The highest BCUT2D eigenvalue weighted by atomic mass is 16.1. The van der Waals surface area contributed by atoms with Crippen LogP contribution in [-0.4, -0.2) is 5.78 Å². The van der Waals surface area contributed by atoms with Gasteiger partial charge in [0.2, 0.25) is 0 Å². The summed E-state index contributed by atoms with van der Waals surface area (Å²) in [6.45, 7) is 0. The molecular weight excluding hydrogens is 244 g/mol. The molecule has 0 N–H and O–H groups in total. The van der Waals surface area contributed by atoms with E-state index in [1.165, 1.54) is 11.1 Å². The maximum Gasteiger partial charge on any atom is 0.193 e. The van der Waals surface area contributed by atoms with E-state index in [4.69, 9.17) is 0 Å². The molecule has 0 bridgehead atoms. The number of ketones is 1. The highest BCUT2D eigenvalue weighted by Crippen LogP contribution is 2.35. The van der Waals surface area contributed by atoms with Gasteiger partial charge in [-0.3, -0.25) is 4.79 Å². The minimum absolute atomic E-state index is 0.167. The first kappa shape index (κ1) is 11.4. The van der Waals surface area contributed by atoms with E-state index in [2.05, 4.69) is 24.3 Å². The zero-order chi connectivity index (χ0) is 13.5. The lowest BCUT2D eigenvalue weighted by Crippen LogP contribution is -2.03. The molecular formula is C19H14O. The highest BCUT2D eigenvalue weighted by molar-refractivity contribution is 6.43. The number of Topliss-reactive ketones (excluding diaryl/α,β-unsaturated/α-hetero) is 1. The van der Waals surface area contributed by atoms with Crippen LogP contribution in [0.25, 0.3) is 11.1 Å². The Labute approximate surface area is 118 Å². The van der Waals surface area contributed by atoms with Crippen LogP contribution < -0.4 is 0 Å². The van der Waals surface area contributed by atoms with Crippen molar-refractivity contribution in [2.24, 2.45) is 0 Å². The molecule has 0 radical (unpaired) electrons. The minimum Gasteiger partial charge on any atom is -0.289 e. The van der Waals surface area contributed by atoms with Crippen molar-refractivity contribution in [3.8, 4) is 0 Å². The van der Waals surface area contributed by atoms with Gasteiger partial charge in [0.1, 0.15) is 0 Å². The zero-order valence-electron chi connectivity index (χ0n) is 11.1. The quantitative estimate of drug-likeness (QED) is 0.800. The number of rotatable bonds is 2. The van der Waals surface area contributed by atoms with Gasteiger partial charge in [-0.25, -0.2) is 0 Å². The first-order chi connectivity index (χ1) is 9.84. The molecule has 0 amide bonds. The molecule has 0 saturated heterocycles. The summed E-state index contributed by atoms with van der Waals surface area (Å²) in [6, 6.07) is 16.4. The number of benzene rings is 2. The zero-order valence-corrected chi connectivity index (χ0v) is 11.1. The summed E-state index contributed by atoms with van der Waals surface area (Å²) in [6.07, 6.45) is 5.86. The Hall–Kier alpha value is -2.41. The topological polar surface area (TPSA) is 17.1 Å². The van der Waals surface area contributed by atoms with Crippen LogP contribution in [0.15, 0.2) is 60.7 Å². The number of carbonyl (C=O) groups excluding carboxylic acids is 1. The lowest BCUT2D eigenvalue weighted by molar-refractivity contribution is -0.108. The summed E-state index contributed by atoms with van der Waals surface area (Å²) in [7, 11) is 0. The Morgan fingerprint density at radius 3 is 1.65 bits per heavy atom. The van der Waals surface area contributed by atoms with Gasteiger partial charge in [0, 0.05) is 11.1 Å². The maximum atomic E-state index is 12.8. The van der Waals surface area contributed by atoms with Crippen LogP contribution in [0, 0.1) is 0 Å². The second kappa shape index (κ2) is 4.31. The van der Waals surface area contributed by atoms with Gasteiger partial charge in [-0.2, -0.15) is 0 Å². The van der Waals surface area contributed by atoms with Crippen molar-refractivity contribution in [2.75, 3.05) is 0 Å². The summed E-state index contributed by atoms with van der Waals surface area (Å²) in [4.78, 5) is 12.8. The van der Waals surface area contributed by atoms with Crippen molar-refractivity contribution in [3.63, 3.8) is 0 Å². The van der Waals surface area contributed by atoms with Gasteiger partial charge in [-0.15, -0.1) is 0 Å². The predicted molar refractivity (Wildman–Crippen MR) is 81.3 cm³/mol. The van der Waals surface area contributed by atoms with Crippen LogP contribution >= 0.6 is 0 Å². The van der Waals surface area contributed by atoms with E-state index < -0.39 is 0 Å². The second-order valence-corrected chi connectivity index (χ2v) is 5.29. The first-order valence-electron chi connectivity index (χ1n) is 6.96. The van der Waals surface area contributed by atoms with E-state index in [0.717, 1.165) is 35.1 Å². The standard InChI is InChI=1S/C19H14O/c20-19(17-11-9-13-5-1-3-7-15(13)17)18-12-10-14-6-2-4-8-16(14)18/h1-8,11-12H,9-10H2. The Balaban J connectivity index is 1.74. The molecule has 2 aromatic carbocycles.